The summed E-state index contributed by atoms with van der Waals surface area (Å²) in [5, 5.41) is 13.0. The van der Waals surface area contributed by atoms with Crippen LogP contribution in [0.5, 0.6) is 0 Å². The van der Waals surface area contributed by atoms with Gasteiger partial charge in [-0.15, -0.1) is 0 Å². The summed E-state index contributed by atoms with van der Waals surface area (Å²) >= 11 is 0. The number of amides is 2. The fourth-order valence-electron chi connectivity index (χ4n) is 4.18. The van der Waals surface area contributed by atoms with Crippen LogP contribution in [0.2, 0.25) is 0 Å². The summed E-state index contributed by atoms with van der Waals surface area (Å²) < 4.78 is 13.4. The third-order valence-electron chi connectivity index (χ3n) is 5.87. The van der Waals surface area contributed by atoms with Gasteiger partial charge in [0.05, 0.1) is 5.92 Å². The molecule has 166 valence electrons. The molecular weight excluding hydrogens is 413 g/mol. The molecule has 7 nitrogen and oxygen atoms in total. The van der Waals surface area contributed by atoms with Crippen LogP contribution in [0.15, 0.2) is 54.7 Å². The van der Waals surface area contributed by atoms with E-state index in [4.69, 9.17) is 0 Å². The summed E-state index contributed by atoms with van der Waals surface area (Å²) in [4.78, 5) is 42.0. The zero-order valence-corrected chi connectivity index (χ0v) is 17.4. The molecule has 0 saturated carbocycles. The third-order valence-corrected chi connectivity index (χ3v) is 5.87. The second kappa shape index (κ2) is 9.21. The first kappa shape index (κ1) is 21.5. The zero-order chi connectivity index (χ0) is 22.7. The molecule has 8 heteroatoms. The molecular formula is C24H24FN3O4. The number of aromatic amines is 1. The van der Waals surface area contributed by atoms with Crippen molar-refractivity contribution in [1.82, 2.24) is 15.2 Å². The van der Waals surface area contributed by atoms with Crippen molar-refractivity contribution in [1.29, 1.82) is 0 Å². The smallest absolute Gasteiger partial charge is 0.326 e. The molecule has 4 rings (SSSR count). The highest BCUT2D eigenvalue weighted by Gasteiger charge is 2.31. The largest absolute Gasteiger partial charge is 0.480 e. The number of carboxylic acids is 1. The second-order valence-electron chi connectivity index (χ2n) is 8.06. The fraction of sp³-hybridized carbons (Fsp3) is 0.292. The molecule has 32 heavy (non-hydrogen) atoms. The number of nitrogens with one attached hydrogen (secondary N) is 2. The molecule has 0 unspecified atom stereocenters. The van der Waals surface area contributed by atoms with Crippen molar-refractivity contribution in [3.8, 4) is 0 Å². The highest BCUT2D eigenvalue weighted by molar-refractivity contribution is 5.95. The lowest BCUT2D eigenvalue weighted by atomic mass is 9.95. The molecule has 2 amide bonds. The minimum atomic E-state index is -1.15. The van der Waals surface area contributed by atoms with Crippen molar-refractivity contribution in [2.24, 2.45) is 5.92 Å². The molecule has 1 aliphatic rings. The summed E-state index contributed by atoms with van der Waals surface area (Å²) in [5.41, 5.74) is 1.81. The first-order valence-electron chi connectivity index (χ1n) is 10.6. The number of carbonyl (C=O) groups is 3. The number of rotatable bonds is 6. The van der Waals surface area contributed by atoms with Crippen molar-refractivity contribution in [3.63, 3.8) is 0 Å². The van der Waals surface area contributed by atoms with Crippen molar-refractivity contribution in [2.45, 2.75) is 25.3 Å². The maximum absolute atomic E-state index is 13.4. The number of aromatic nitrogens is 1. The Morgan fingerprint density at radius 2 is 1.97 bits per heavy atom. The van der Waals surface area contributed by atoms with Crippen molar-refractivity contribution >= 4 is 28.7 Å². The van der Waals surface area contributed by atoms with E-state index in [0.29, 0.717) is 41.4 Å². The van der Waals surface area contributed by atoms with Crippen LogP contribution >= 0.6 is 0 Å². The van der Waals surface area contributed by atoms with Gasteiger partial charge in [0.1, 0.15) is 11.9 Å². The molecule has 3 aromatic rings. The number of carboxylic acid groups (broad SMARTS) is 1. The minimum absolute atomic E-state index is 0.0616. The lowest BCUT2D eigenvalue weighted by Crippen LogP contribution is -2.50. The molecule has 1 aliphatic heterocycles. The molecule has 0 aliphatic carbocycles. The molecule has 2 aromatic carbocycles. The SMILES string of the molecule is O=C(N[C@H](Cc1c[nH]c2cc(F)ccc12)C(=O)O)[C@H]1CCCN(C(=O)c2ccccc2)C1. The first-order chi connectivity index (χ1) is 15.4. The van der Waals surface area contributed by atoms with Gasteiger partial charge in [-0.05, 0) is 48.7 Å². The Hall–Kier alpha value is -3.68. The monoisotopic (exact) mass is 437 g/mol. The topological polar surface area (TPSA) is 102 Å². The van der Waals surface area contributed by atoms with Crippen LogP contribution in [0, 0.1) is 11.7 Å². The number of piperidine rings is 1. The number of nitrogens with zero attached hydrogens (tertiary/aromatic N) is 1. The molecule has 1 fully saturated rings. The summed E-state index contributed by atoms with van der Waals surface area (Å²) in [6.45, 7) is 0.810. The lowest BCUT2D eigenvalue weighted by Gasteiger charge is -2.32. The number of fused-ring (bicyclic) bond motifs is 1. The van der Waals surface area contributed by atoms with Crippen LogP contribution in [0.25, 0.3) is 10.9 Å². The summed E-state index contributed by atoms with van der Waals surface area (Å²) in [6, 6.07) is 12.0. The predicted molar refractivity (Wildman–Crippen MR) is 117 cm³/mol. The summed E-state index contributed by atoms with van der Waals surface area (Å²) in [6.07, 6.45) is 2.95. The number of halogens is 1. The normalized spacial score (nSPS) is 17.2. The number of hydrogen-bond acceptors (Lipinski definition) is 3. The van der Waals surface area contributed by atoms with Gasteiger partial charge in [0, 0.05) is 42.2 Å². The lowest BCUT2D eigenvalue weighted by molar-refractivity contribution is -0.142. The number of H-pyrrole nitrogens is 1. The Morgan fingerprint density at radius 3 is 2.72 bits per heavy atom. The highest BCUT2D eigenvalue weighted by Crippen LogP contribution is 2.22. The Morgan fingerprint density at radius 1 is 1.19 bits per heavy atom. The maximum Gasteiger partial charge on any atom is 0.326 e. The van der Waals surface area contributed by atoms with E-state index in [1.165, 1.54) is 12.1 Å². The average molecular weight is 437 g/mol. The molecule has 2 heterocycles. The van der Waals surface area contributed by atoms with E-state index in [-0.39, 0.29) is 30.6 Å². The van der Waals surface area contributed by atoms with Crippen LogP contribution in [-0.4, -0.2) is 51.9 Å². The van der Waals surface area contributed by atoms with Gasteiger partial charge in [0.15, 0.2) is 0 Å². The van der Waals surface area contributed by atoms with Gasteiger partial charge in [-0.3, -0.25) is 9.59 Å². The van der Waals surface area contributed by atoms with Crippen LogP contribution in [-0.2, 0) is 16.0 Å². The molecule has 2 atom stereocenters. The quantitative estimate of drug-likeness (QED) is 0.552. The number of benzene rings is 2. The minimum Gasteiger partial charge on any atom is -0.480 e. The Bertz CT molecular complexity index is 1140. The van der Waals surface area contributed by atoms with Crippen LogP contribution < -0.4 is 5.32 Å². The van der Waals surface area contributed by atoms with Crippen LogP contribution in [0.3, 0.4) is 0 Å². The third kappa shape index (κ3) is 4.64. The number of hydrogen-bond donors (Lipinski definition) is 3. The fourth-order valence-corrected chi connectivity index (χ4v) is 4.18. The van der Waals surface area contributed by atoms with Gasteiger partial charge in [-0.1, -0.05) is 18.2 Å². The highest BCUT2D eigenvalue weighted by atomic mass is 19.1. The van der Waals surface area contributed by atoms with Crippen molar-refractivity contribution in [3.05, 3.63) is 71.7 Å². The number of carbonyl (C=O) groups excluding carboxylic acids is 2. The van der Waals surface area contributed by atoms with Gasteiger partial charge in [-0.25, -0.2) is 9.18 Å². The van der Waals surface area contributed by atoms with Gasteiger partial charge in [0.2, 0.25) is 5.91 Å². The Balaban J connectivity index is 1.43. The number of aliphatic carboxylic acids is 1. The van der Waals surface area contributed by atoms with Crippen LogP contribution in [0.1, 0.15) is 28.8 Å². The van der Waals surface area contributed by atoms with Gasteiger partial charge in [-0.2, -0.15) is 0 Å². The Kier molecular flexibility index (Phi) is 6.20. The zero-order valence-electron chi connectivity index (χ0n) is 17.4. The van der Waals surface area contributed by atoms with E-state index in [2.05, 4.69) is 10.3 Å². The van der Waals surface area contributed by atoms with Gasteiger partial charge >= 0.3 is 5.97 Å². The predicted octanol–water partition coefficient (Wildman–Crippen LogP) is 2.97. The molecule has 0 bridgehead atoms. The standard InChI is InChI=1S/C24H24FN3O4/c25-18-8-9-19-17(13-26-20(19)12-18)11-21(24(31)32)27-22(29)16-7-4-10-28(14-16)23(30)15-5-2-1-3-6-15/h1-3,5-6,8-9,12-13,16,21,26H,4,7,10-11,14H2,(H,27,29)(H,31,32)/t16-,21+/m0/s1. The van der Waals surface area contributed by atoms with Crippen molar-refractivity contribution in [2.75, 3.05) is 13.1 Å². The van der Waals surface area contributed by atoms with E-state index < -0.39 is 17.9 Å². The number of likely N-dealkylation sites (tertiary alicyclic amines) is 1. The van der Waals surface area contributed by atoms with E-state index in [9.17, 15) is 23.9 Å². The molecule has 0 radical (unpaired) electrons. The van der Waals surface area contributed by atoms with E-state index >= 15 is 0 Å². The Labute approximate surface area is 184 Å². The first-order valence-corrected chi connectivity index (χ1v) is 10.6. The van der Waals surface area contributed by atoms with E-state index in [0.717, 1.165) is 0 Å². The van der Waals surface area contributed by atoms with E-state index in [1.807, 2.05) is 6.07 Å². The van der Waals surface area contributed by atoms with Crippen molar-refractivity contribution < 1.29 is 23.9 Å². The maximum atomic E-state index is 13.4. The molecule has 1 aromatic heterocycles. The molecule has 0 spiro atoms. The second-order valence-corrected chi connectivity index (χ2v) is 8.06. The average Bonchev–Trinajstić information content (AvgIpc) is 3.20. The molecule has 3 N–H and O–H groups in total. The van der Waals surface area contributed by atoms with Gasteiger partial charge < -0.3 is 20.3 Å². The van der Waals surface area contributed by atoms with Crippen LogP contribution in [0.4, 0.5) is 4.39 Å². The van der Waals surface area contributed by atoms with Gasteiger partial charge in [0.25, 0.3) is 5.91 Å². The molecule has 1 saturated heterocycles. The van der Waals surface area contributed by atoms with E-state index in [1.54, 1.807) is 41.4 Å². The summed E-state index contributed by atoms with van der Waals surface area (Å²) in [5.74, 6) is -2.53. The summed E-state index contributed by atoms with van der Waals surface area (Å²) in [7, 11) is 0.